The smallest absolute Gasteiger partial charge is 0.0105 e. The minimum Gasteiger partial charge on any atom is -0.329 e. The third kappa shape index (κ3) is 5.42. The lowest BCUT2D eigenvalue weighted by atomic mass is 9.49. The van der Waals surface area contributed by atoms with Crippen molar-refractivity contribution in [3.63, 3.8) is 0 Å². The summed E-state index contributed by atoms with van der Waals surface area (Å²) in [7, 11) is 0. The predicted octanol–water partition coefficient (Wildman–Crippen LogP) is 9.91. The van der Waals surface area contributed by atoms with E-state index in [2.05, 4.69) is 96.7 Å². The fourth-order valence-corrected chi connectivity index (χ4v) is 11.8. The maximum Gasteiger partial charge on any atom is 0.0105 e. The molecule has 0 radical (unpaired) electrons. The fourth-order valence-electron chi connectivity index (χ4n) is 11.8. The summed E-state index contributed by atoms with van der Waals surface area (Å²) in [6.45, 7) is 24.1. The van der Waals surface area contributed by atoms with Crippen LogP contribution in [0.3, 0.4) is 0 Å². The van der Waals surface area contributed by atoms with Gasteiger partial charge in [-0.05, 0) is 130 Å². The van der Waals surface area contributed by atoms with Crippen molar-refractivity contribution in [1.29, 1.82) is 0 Å². The molecule has 2 aromatic carbocycles. The van der Waals surface area contributed by atoms with Gasteiger partial charge in [-0.15, -0.1) is 0 Å². The highest BCUT2D eigenvalue weighted by molar-refractivity contribution is 5.43. The molecule has 0 bridgehead atoms. The van der Waals surface area contributed by atoms with Gasteiger partial charge in [0.25, 0.3) is 0 Å². The Morgan fingerprint density at radius 2 is 1.11 bits per heavy atom. The summed E-state index contributed by atoms with van der Waals surface area (Å²) < 4.78 is 0. The summed E-state index contributed by atoms with van der Waals surface area (Å²) >= 11 is 0. The number of nitrogens with two attached hydrogens (primary N) is 1. The van der Waals surface area contributed by atoms with Gasteiger partial charge in [-0.2, -0.15) is 0 Å². The van der Waals surface area contributed by atoms with E-state index < -0.39 is 0 Å². The number of benzene rings is 2. The average Bonchev–Trinajstić information content (AvgIpc) is 2.96. The van der Waals surface area contributed by atoms with Crippen LogP contribution in [0, 0.1) is 22.7 Å². The first kappa shape index (κ1) is 32.3. The van der Waals surface area contributed by atoms with E-state index in [-0.39, 0.29) is 0 Å². The van der Waals surface area contributed by atoms with Crippen LogP contribution in [0.1, 0.15) is 152 Å². The van der Waals surface area contributed by atoms with E-state index in [4.69, 9.17) is 5.73 Å². The van der Waals surface area contributed by atoms with Gasteiger partial charge in [0.1, 0.15) is 0 Å². The van der Waals surface area contributed by atoms with Gasteiger partial charge in [0, 0.05) is 26.2 Å². The molecule has 2 saturated carbocycles. The van der Waals surface area contributed by atoms with E-state index in [1.54, 1.807) is 22.3 Å². The molecule has 4 aliphatic rings. The standard InChI is InChI=1S/C42H64N2/c1-29(2)31-11-15-35-33(25-31)13-17-37-39(5,19-9-21-41(35,37)7)27-44(24-23-43)28-40(6)20-10-22-42(8)36-16-12-32(30(3)4)26-34(36)14-18-38(40)42/h11-12,15-16,25-26,29-30,37-38H,9-10,13-14,17-24,27-28,43H2,1-8H3/t37-,38-,39+,40+,41-,42-/m1/s1. The highest BCUT2D eigenvalue weighted by Gasteiger charge is 2.54. The predicted molar refractivity (Wildman–Crippen MR) is 189 cm³/mol. The maximum atomic E-state index is 6.40. The molecule has 2 aromatic rings. The Balaban J connectivity index is 1.26. The first-order valence-electron chi connectivity index (χ1n) is 18.5. The van der Waals surface area contributed by atoms with Crippen LogP contribution in [-0.2, 0) is 23.7 Å². The lowest BCUT2D eigenvalue weighted by Gasteiger charge is -2.59. The Morgan fingerprint density at radius 3 is 1.50 bits per heavy atom. The molecule has 0 amide bonds. The monoisotopic (exact) mass is 597 g/mol. The van der Waals surface area contributed by atoms with Crippen LogP contribution in [0.15, 0.2) is 36.4 Å². The number of fused-ring (bicyclic) bond motifs is 6. The van der Waals surface area contributed by atoms with Gasteiger partial charge in [0.05, 0.1) is 0 Å². The Morgan fingerprint density at radius 1 is 0.682 bits per heavy atom. The van der Waals surface area contributed by atoms with Gasteiger partial charge in [-0.25, -0.2) is 0 Å². The molecule has 2 N–H and O–H groups in total. The van der Waals surface area contributed by atoms with Crippen LogP contribution in [0.2, 0.25) is 0 Å². The van der Waals surface area contributed by atoms with Crippen molar-refractivity contribution in [3.05, 3.63) is 69.8 Å². The molecule has 6 atom stereocenters. The van der Waals surface area contributed by atoms with Crippen LogP contribution in [0.4, 0.5) is 0 Å². The van der Waals surface area contributed by atoms with E-state index >= 15 is 0 Å². The molecule has 44 heavy (non-hydrogen) atoms. The van der Waals surface area contributed by atoms with Crippen molar-refractivity contribution in [1.82, 2.24) is 4.90 Å². The quantitative estimate of drug-likeness (QED) is 0.329. The molecule has 0 saturated heterocycles. The second-order valence-electron chi connectivity index (χ2n) is 17.7. The van der Waals surface area contributed by atoms with Gasteiger partial charge >= 0.3 is 0 Å². The van der Waals surface area contributed by atoms with Gasteiger partial charge in [0.2, 0.25) is 0 Å². The molecule has 0 spiro atoms. The van der Waals surface area contributed by atoms with Gasteiger partial charge in [0.15, 0.2) is 0 Å². The number of nitrogens with zero attached hydrogens (tertiary/aromatic N) is 1. The molecule has 6 rings (SSSR count). The zero-order chi connectivity index (χ0) is 31.5. The molecule has 0 aliphatic heterocycles. The molecule has 242 valence electrons. The maximum absolute atomic E-state index is 6.40. The van der Waals surface area contributed by atoms with Crippen LogP contribution in [0.25, 0.3) is 0 Å². The molecular formula is C42H64N2. The van der Waals surface area contributed by atoms with Crippen molar-refractivity contribution in [2.75, 3.05) is 26.2 Å². The Kier molecular flexibility index (Phi) is 8.71. The number of aryl methyl sites for hydroxylation is 2. The van der Waals surface area contributed by atoms with Crippen LogP contribution in [0.5, 0.6) is 0 Å². The van der Waals surface area contributed by atoms with E-state index in [1.165, 1.54) is 88.4 Å². The topological polar surface area (TPSA) is 29.3 Å². The Hall–Kier alpha value is -1.64. The SMILES string of the molecule is CC(C)c1ccc2c(c1)CC[C@@H]1[C@](C)(CN(CCN)C[C@]3(C)CCC[C@]4(C)c5ccc(C(C)C)cc5CC[C@H]34)CCC[C@]21C. The van der Waals surface area contributed by atoms with Crippen molar-refractivity contribution >= 4 is 0 Å². The minimum atomic E-state index is 0.291. The summed E-state index contributed by atoms with van der Waals surface area (Å²) in [6, 6.07) is 15.1. The summed E-state index contributed by atoms with van der Waals surface area (Å²) in [5, 5.41) is 0. The number of hydrogen-bond donors (Lipinski definition) is 1. The number of rotatable bonds is 8. The van der Waals surface area contributed by atoms with Gasteiger partial charge in [-0.3, -0.25) is 0 Å². The highest BCUT2D eigenvalue weighted by atomic mass is 15.1. The normalized spacial score (nSPS) is 34.9. The molecule has 4 aliphatic carbocycles. The second kappa shape index (κ2) is 11.9. The van der Waals surface area contributed by atoms with Gasteiger partial charge < -0.3 is 10.6 Å². The largest absolute Gasteiger partial charge is 0.329 e. The summed E-state index contributed by atoms with van der Waals surface area (Å²) in [5.74, 6) is 2.68. The molecule has 0 unspecified atom stereocenters. The molecule has 0 aromatic heterocycles. The minimum absolute atomic E-state index is 0.291. The Labute approximate surface area is 271 Å². The third-order valence-electron chi connectivity index (χ3n) is 14.0. The number of hydrogen-bond acceptors (Lipinski definition) is 2. The van der Waals surface area contributed by atoms with Crippen LogP contribution >= 0.6 is 0 Å². The summed E-state index contributed by atoms with van der Waals surface area (Å²) in [6.07, 6.45) is 13.3. The summed E-state index contributed by atoms with van der Waals surface area (Å²) in [4.78, 5) is 2.87. The zero-order valence-electron chi connectivity index (χ0n) is 29.7. The first-order valence-corrected chi connectivity index (χ1v) is 18.5. The Bertz CT molecular complexity index is 1240. The lowest BCUT2D eigenvalue weighted by Crippen LogP contribution is -2.57. The van der Waals surface area contributed by atoms with E-state index in [1.807, 2.05) is 0 Å². The van der Waals surface area contributed by atoms with Crippen molar-refractivity contribution in [2.45, 2.75) is 142 Å². The third-order valence-corrected chi connectivity index (χ3v) is 14.0. The van der Waals surface area contributed by atoms with E-state index in [0.29, 0.717) is 33.5 Å². The highest BCUT2D eigenvalue weighted by Crippen LogP contribution is 2.60. The lowest BCUT2D eigenvalue weighted by molar-refractivity contribution is -0.0392. The summed E-state index contributed by atoms with van der Waals surface area (Å²) in [5.41, 5.74) is 17.3. The molecular weight excluding hydrogens is 532 g/mol. The average molecular weight is 597 g/mol. The van der Waals surface area contributed by atoms with Crippen LogP contribution in [-0.4, -0.2) is 31.1 Å². The zero-order valence-corrected chi connectivity index (χ0v) is 29.7. The van der Waals surface area contributed by atoms with Crippen molar-refractivity contribution in [2.24, 2.45) is 28.4 Å². The van der Waals surface area contributed by atoms with Crippen molar-refractivity contribution < 1.29 is 0 Å². The first-order chi connectivity index (χ1) is 20.8. The molecule has 2 heteroatoms. The van der Waals surface area contributed by atoms with E-state index in [0.717, 1.165) is 24.9 Å². The van der Waals surface area contributed by atoms with E-state index in [9.17, 15) is 0 Å². The van der Waals surface area contributed by atoms with Crippen molar-refractivity contribution in [3.8, 4) is 0 Å². The molecule has 2 fully saturated rings. The van der Waals surface area contributed by atoms with Gasteiger partial charge in [-0.1, -0.05) is 105 Å². The second-order valence-corrected chi connectivity index (χ2v) is 17.7. The van der Waals surface area contributed by atoms with Crippen LogP contribution < -0.4 is 5.73 Å². The molecule has 2 nitrogen and oxygen atoms in total. The molecule has 0 heterocycles. The fraction of sp³-hybridized carbons (Fsp3) is 0.714.